The molecule has 2 heterocycles. The van der Waals surface area contributed by atoms with Crippen molar-refractivity contribution in [3.05, 3.63) is 29.1 Å². The van der Waals surface area contributed by atoms with Crippen molar-refractivity contribution in [1.82, 2.24) is 14.8 Å². The molecule has 2 rings (SSSR count). The first-order chi connectivity index (χ1) is 9.49. The summed E-state index contributed by atoms with van der Waals surface area (Å²) in [6, 6.07) is 4.15. The van der Waals surface area contributed by atoms with E-state index >= 15 is 0 Å². The molecule has 0 N–H and O–H groups in total. The summed E-state index contributed by atoms with van der Waals surface area (Å²) in [5.41, 5.74) is 2.65. The van der Waals surface area contributed by atoms with Crippen molar-refractivity contribution in [2.24, 2.45) is 0 Å². The van der Waals surface area contributed by atoms with E-state index in [0.717, 1.165) is 37.2 Å². The van der Waals surface area contributed by atoms with Crippen LogP contribution in [0.15, 0.2) is 12.1 Å². The molecule has 20 heavy (non-hydrogen) atoms. The highest BCUT2D eigenvalue weighted by molar-refractivity contribution is 5.92. The van der Waals surface area contributed by atoms with Gasteiger partial charge in [-0.05, 0) is 58.8 Å². The van der Waals surface area contributed by atoms with Gasteiger partial charge in [0.25, 0.3) is 5.91 Å². The fourth-order valence-electron chi connectivity index (χ4n) is 2.78. The van der Waals surface area contributed by atoms with Gasteiger partial charge in [0.2, 0.25) is 0 Å². The maximum absolute atomic E-state index is 12.7. The molecule has 0 spiro atoms. The summed E-state index contributed by atoms with van der Waals surface area (Å²) in [4.78, 5) is 21.3. The first kappa shape index (κ1) is 15.0. The molecular weight excluding hydrogens is 250 g/mol. The van der Waals surface area contributed by atoms with Crippen LogP contribution in [0.5, 0.6) is 0 Å². The average molecular weight is 275 g/mol. The highest BCUT2D eigenvalue weighted by Gasteiger charge is 2.28. The van der Waals surface area contributed by atoms with E-state index in [-0.39, 0.29) is 5.91 Å². The van der Waals surface area contributed by atoms with Crippen molar-refractivity contribution in [2.75, 3.05) is 27.2 Å². The largest absolute Gasteiger partial charge is 0.333 e. The number of likely N-dealkylation sites (N-methyl/N-ethyl adjacent to an activating group) is 1. The SMILES string of the molecule is Cc1ccc(C(=O)N2CCCCC2CN(C)C)nc1C. The molecule has 1 aromatic rings. The smallest absolute Gasteiger partial charge is 0.272 e. The lowest BCUT2D eigenvalue weighted by Gasteiger charge is -2.37. The Morgan fingerprint density at radius 3 is 2.75 bits per heavy atom. The van der Waals surface area contributed by atoms with Crippen LogP contribution < -0.4 is 0 Å². The minimum absolute atomic E-state index is 0.0830. The Morgan fingerprint density at radius 1 is 1.35 bits per heavy atom. The van der Waals surface area contributed by atoms with Gasteiger partial charge in [-0.2, -0.15) is 0 Å². The van der Waals surface area contributed by atoms with Gasteiger partial charge >= 0.3 is 0 Å². The maximum atomic E-state index is 12.7. The fraction of sp³-hybridized carbons (Fsp3) is 0.625. The molecular formula is C16H25N3O. The highest BCUT2D eigenvalue weighted by Crippen LogP contribution is 2.20. The number of pyridine rings is 1. The summed E-state index contributed by atoms with van der Waals surface area (Å²) >= 11 is 0. The topological polar surface area (TPSA) is 36.4 Å². The molecule has 4 heteroatoms. The molecule has 1 amide bonds. The highest BCUT2D eigenvalue weighted by atomic mass is 16.2. The van der Waals surface area contributed by atoms with Gasteiger partial charge in [0.15, 0.2) is 0 Å². The molecule has 0 aromatic carbocycles. The molecule has 0 radical (unpaired) electrons. The first-order valence-corrected chi connectivity index (χ1v) is 7.39. The van der Waals surface area contributed by atoms with Crippen LogP contribution in [0.25, 0.3) is 0 Å². The van der Waals surface area contributed by atoms with Gasteiger partial charge in [0.1, 0.15) is 5.69 Å². The number of hydrogen-bond donors (Lipinski definition) is 0. The van der Waals surface area contributed by atoms with Crippen LogP contribution in [-0.4, -0.2) is 53.9 Å². The van der Waals surface area contributed by atoms with Crippen LogP contribution in [0.1, 0.15) is 41.0 Å². The lowest BCUT2D eigenvalue weighted by molar-refractivity contribution is 0.0568. The molecule has 1 aromatic heterocycles. The van der Waals surface area contributed by atoms with E-state index in [9.17, 15) is 4.79 Å². The minimum atomic E-state index is 0.0830. The Labute approximate surface area is 121 Å². The number of aryl methyl sites for hydroxylation is 2. The Hall–Kier alpha value is -1.42. The van der Waals surface area contributed by atoms with E-state index in [1.165, 1.54) is 6.42 Å². The molecule has 1 unspecified atom stereocenters. The van der Waals surface area contributed by atoms with E-state index in [1.54, 1.807) is 0 Å². The molecule has 0 aliphatic carbocycles. The minimum Gasteiger partial charge on any atom is -0.333 e. The molecule has 1 atom stereocenters. The second kappa shape index (κ2) is 6.35. The van der Waals surface area contributed by atoms with E-state index < -0.39 is 0 Å². The number of piperidine rings is 1. The zero-order valence-electron chi connectivity index (χ0n) is 13.0. The molecule has 0 saturated carbocycles. The summed E-state index contributed by atoms with van der Waals surface area (Å²) in [5.74, 6) is 0.0830. The van der Waals surface area contributed by atoms with Crippen LogP contribution in [0.4, 0.5) is 0 Å². The number of aromatic nitrogens is 1. The standard InChI is InChI=1S/C16H25N3O/c1-12-8-9-15(17-13(12)2)16(20)19-10-6-5-7-14(19)11-18(3)4/h8-9,14H,5-7,10-11H2,1-4H3. The van der Waals surface area contributed by atoms with Crippen molar-refractivity contribution < 1.29 is 4.79 Å². The zero-order chi connectivity index (χ0) is 14.7. The lowest BCUT2D eigenvalue weighted by atomic mass is 10.0. The van der Waals surface area contributed by atoms with Crippen molar-refractivity contribution in [3.63, 3.8) is 0 Å². The van der Waals surface area contributed by atoms with Crippen molar-refractivity contribution in [2.45, 2.75) is 39.2 Å². The normalized spacial score (nSPS) is 19.4. The van der Waals surface area contributed by atoms with E-state index in [1.807, 2.05) is 30.9 Å². The Morgan fingerprint density at radius 2 is 2.10 bits per heavy atom. The van der Waals surface area contributed by atoms with Crippen molar-refractivity contribution in [3.8, 4) is 0 Å². The molecule has 1 fully saturated rings. The number of nitrogens with zero attached hydrogens (tertiary/aromatic N) is 3. The predicted molar refractivity (Wildman–Crippen MR) is 80.9 cm³/mol. The number of likely N-dealkylation sites (tertiary alicyclic amines) is 1. The van der Waals surface area contributed by atoms with Gasteiger partial charge in [0, 0.05) is 24.8 Å². The predicted octanol–water partition coefficient (Wildman–Crippen LogP) is 2.25. The zero-order valence-corrected chi connectivity index (χ0v) is 13.0. The summed E-state index contributed by atoms with van der Waals surface area (Å²) in [7, 11) is 4.12. The van der Waals surface area contributed by atoms with Crippen LogP contribution in [0.3, 0.4) is 0 Å². The second-order valence-electron chi connectivity index (χ2n) is 6.01. The van der Waals surface area contributed by atoms with E-state index in [2.05, 4.69) is 24.0 Å². The molecule has 4 nitrogen and oxygen atoms in total. The van der Waals surface area contributed by atoms with Gasteiger partial charge in [-0.3, -0.25) is 4.79 Å². The van der Waals surface area contributed by atoms with Crippen LogP contribution >= 0.6 is 0 Å². The number of rotatable bonds is 3. The Kier molecular flexibility index (Phi) is 4.76. The Bertz CT molecular complexity index is 485. The van der Waals surface area contributed by atoms with Gasteiger partial charge in [-0.1, -0.05) is 6.07 Å². The molecule has 1 aliphatic heterocycles. The summed E-state index contributed by atoms with van der Waals surface area (Å²) < 4.78 is 0. The summed E-state index contributed by atoms with van der Waals surface area (Å²) in [5, 5.41) is 0. The molecule has 110 valence electrons. The van der Waals surface area contributed by atoms with Crippen molar-refractivity contribution >= 4 is 5.91 Å². The number of carbonyl (C=O) groups excluding carboxylic acids is 1. The molecule has 0 bridgehead atoms. The average Bonchev–Trinajstić information content (AvgIpc) is 2.41. The third kappa shape index (κ3) is 3.37. The van der Waals surface area contributed by atoms with Crippen LogP contribution in [-0.2, 0) is 0 Å². The fourth-order valence-corrected chi connectivity index (χ4v) is 2.78. The van der Waals surface area contributed by atoms with Gasteiger partial charge in [-0.15, -0.1) is 0 Å². The quantitative estimate of drug-likeness (QED) is 0.849. The molecule has 1 saturated heterocycles. The van der Waals surface area contributed by atoms with Crippen LogP contribution in [0.2, 0.25) is 0 Å². The van der Waals surface area contributed by atoms with Gasteiger partial charge in [-0.25, -0.2) is 4.98 Å². The number of carbonyl (C=O) groups is 1. The van der Waals surface area contributed by atoms with E-state index in [4.69, 9.17) is 0 Å². The van der Waals surface area contributed by atoms with E-state index in [0.29, 0.717) is 11.7 Å². The monoisotopic (exact) mass is 275 g/mol. The number of amides is 1. The summed E-state index contributed by atoms with van der Waals surface area (Å²) in [6.07, 6.45) is 3.40. The van der Waals surface area contributed by atoms with Crippen molar-refractivity contribution in [1.29, 1.82) is 0 Å². The number of hydrogen-bond acceptors (Lipinski definition) is 3. The van der Waals surface area contributed by atoms with Crippen LogP contribution in [0, 0.1) is 13.8 Å². The third-order valence-corrected chi connectivity index (χ3v) is 4.03. The third-order valence-electron chi connectivity index (χ3n) is 4.03. The maximum Gasteiger partial charge on any atom is 0.272 e. The second-order valence-corrected chi connectivity index (χ2v) is 6.01. The first-order valence-electron chi connectivity index (χ1n) is 7.39. The van der Waals surface area contributed by atoms with Gasteiger partial charge < -0.3 is 9.80 Å². The molecule has 1 aliphatic rings. The Balaban J connectivity index is 2.18. The van der Waals surface area contributed by atoms with Gasteiger partial charge in [0.05, 0.1) is 0 Å². The lowest BCUT2D eigenvalue weighted by Crippen LogP contribution is -2.48. The summed E-state index contributed by atoms with van der Waals surface area (Å²) in [6.45, 7) is 5.76.